The van der Waals surface area contributed by atoms with Crippen LogP contribution in [-0.4, -0.2) is 29.2 Å². The summed E-state index contributed by atoms with van der Waals surface area (Å²) in [6.45, 7) is 2.69. The van der Waals surface area contributed by atoms with Crippen LogP contribution in [0.5, 0.6) is 5.75 Å². The monoisotopic (exact) mass is 384 g/mol. The van der Waals surface area contributed by atoms with Crippen LogP contribution in [0.25, 0.3) is 20.7 Å². The van der Waals surface area contributed by atoms with Gasteiger partial charge in [0.1, 0.15) is 22.2 Å². The van der Waals surface area contributed by atoms with E-state index in [1.165, 1.54) is 11.3 Å². The van der Waals surface area contributed by atoms with Crippen molar-refractivity contribution in [1.82, 2.24) is 9.55 Å². The number of methoxy groups -OCH3 is 1. The molecule has 0 saturated carbocycles. The highest BCUT2D eigenvalue weighted by atomic mass is 32.1. The summed E-state index contributed by atoms with van der Waals surface area (Å²) in [4.78, 5) is 31.0. The van der Waals surface area contributed by atoms with Gasteiger partial charge >= 0.3 is 5.97 Å². The van der Waals surface area contributed by atoms with E-state index < -0.39 is 5.92 Å². The van der Waals surface area contributed by atoms with Gasteiger partial charge in [-0.15, -0.1) is 11.3 Å². The molecule has 0 amide bonds. The third-order valence-corrected chi connectivity index (χ3v) is 5.96. The largest absolute Gasteiger partial charge is 0.497 e. The maximum absolute atomic E-state index is 13.0. The number of esters is 1. The first-order chi connectivity index (χ1) is 13.1. The predicted octanol–water partition coefficient (Wildman–Crippen LogP) is 3.57. The highest BCUT2D eigenvalue weighted by molar-refractivity contribution is 7.22. The van der Waals surface area contributed by atoms with E-state index >= 15 is 0 Å². The van der Waals surface area contributed by atoms with Crippen molar-refractivity contribution < 1.29 is 14.3 Å². The van der Waals surface area contributed by atoms with E-state index in [0.29, 0.717) is 35.6 Å². The molecule has 1 aromatic carbocycles. The molecule has 0 bridgehead atoms. The molecule has 1 aliphatic heterocycles. The molecule has 0 saturated heterocycles. The molecule has 1 atom stereocenters. The molecule has 6 nitrogen and oxygen atoms in total. The number of hydrogen-bond acceptors (Lipinski definition) is 6. The lowest BCUT2D eigenvalue weighted by atomic mass is 9.98. The third kappa shape index (κ3) is 3.12. The lowest BCUT2D eigenvalue weighted by Gasteiger charge is -2.24. The van der Waals surface area contributed by atoms with E-state index in [-0.39, 0.29) is 11.5 Å². The Hall–Kier alpha value is -2.67. The Balaban J connectivity index is 1.81. The molecule has 0 aliphatic carbocycles. The molecule has 1 aliphatic rings. The fourth-order valence-electron chi connectivity index (χ4n) is 3.46. The fraction of sp³-hybridized carbons (Fsp3) is 0.350. The van der Waals surface area contributed by atoms with E-state index in [1.807, 2.05) is 30.3 Å². The SMILES string of the molecule is CCOC(=O)[C@H]1CCCn2c1nc1cc(-c3ccc(OC)cc3)sc1c2=O. The summed E-state index contributed by atoms with van der Waals surface area (Å²) in [5.74, 6) is 0.532. The van der Waals surface area contributed by atoms with Gasteiger partial charge in [0.15, 0.2) is 0 Å². The Labute approximate surface area is 160 Å². The van der Waals surface area contributed by atoms with Crippen molar-refractivity contribution in [1.29, 1.82) is 0 Å². The van der Waals surface area contributed by atoms with Crippen LogP contribution in [0.1, 0.15) is 31.5 Å². The van der Waals surface area contributed by atoms with E-state index in [0.717, 1.165) is 22.6 Å². The molecular weight excluding hydrogens is 364 g/mol. The summed E-state index contributed by atoms with van der Waals surface area (Å²) in [6, 6.07) is 9.62. The minimum atomic E-state index is -0.472. The Morgan fingerprint density at radius 2 is 2.11 bits per heavy atom. The van der Waals surface area contributed by atoms with Gasteiger partial charge in [0, 0.05) is 11.4 Å². The number of fused-ring (bicyclic) bond motifs is 2. The maximum Gasteiger partial charge on any atom is 0.316 e. The van der Waals surface area contributed by atoms with Crippen molar-refractivity contribution in [2.24, 2.45) is 0 Å². The average molecular weight is 384 g/mol. The fourth-order valence-corrected chi connectivity index (χ4v) is 4.51. The van der Waals surface area contributed by atoms with Gasteiger partial charge in [0.25, 0.3) is 5.56 Å². The van der Waals surface area contributed by atoms with Crippen molar-refractivity contribution in [3.05, 3.63) is 46.5 Å². The Bertz CT molecular complexity index is 1050. The van der Waals surface area contributed by atoms with Crippen LogP contribution in [0.15, 0.2) is 35.1 Å². The van der Waals surface area contributed by atoms with Crippen molar-refractivity contribution >= 4 is 27.5 Å². The second-order valence-electron chi connectivity index (χ2n) is 6.43. The average Bonchev–Trinajstić information content (AvgIpc) is 3.12. The van der Waals surface area contributed by atoms with E-state index in [2.05, 4.69) is 4.98 Å². The standard InChI is InChI=1S/C20H20N2O4S/c1-3-26-20(24)14-5-4-10-22-18(14)21-15-11-16(27-17(15)19(22)23)12-6-8-13(25-2)9-7-12/h6-9,11,14H,3-5,10H2,1-2H3/t14-/m0/s1. The van der Waals surface area contributed by atoms with Gasteiger partial charge < -0.3 is 9.47 Å². The number of ether oxygens (including phenoxy) is 2. The first kappa shape index (κ1) is 17.7. The second kappa shape index (κ2) is 7.15. The molecule has 0 spiro atoms. The van der Waals surface area contributed by atoms with Gasteiger partial charge in [-0.2, -0.15) is 0 Å². The minimum absolute atomic E-state index is 0.0752. The van der Waals surface area contributed by atoms with Crippen LogP contribution in [0.3, 0.4) is 0 Å². The van der Waals surface area contributed by atoms with Crippen molar-refractivity contribution in [2.75, 3.05) is 13.7 Å². The van der Waals surface area contributed by atoms with Crippen LogP contribution in [0.4, 0.5) is 0 Å². The molecule has 0 N–H and O–H groups in total. The highest BCUT2D eigenvalue weighted by Gasteiger charge is 2.31. The van der Waals surface area contributed by atoms with Crippen LogP contribution < -0.4 is 10.3 Å². The van der Waals surface area contributed by atoms with Crippen molar-refractivity contribution in [3.63, 3.8) is 0 Å². The van der Waals surface area contributed by atoms with Gasteiger partial charge in [-0.3, -0.25) is 14.2 Å². The summed E-state index contributed by atoms with van der Waals surface area (Å²) in [7, 11) is 1.63. The van der Waals surface area contributed by atoms with Gasteiger partial charge in [-0.1, -0.05) is 0 Å². The number of carbonyl (C=O) groups is 1. The Morgan fingerprint density at radius 1 is 1.33 bits per heavy atom. The third-order valence-electron chi connectivity index (χ3n) is 4.80. The molecule has 2 aromatic heterocycles. The lowest BCUT2D eigenvalue weighted by Crippen LogP contribution is -2.33. The number of nitrogens with zero attached hydrogens (tertiary/aromatic N) is 2. The van der Waals surface area contributed by atoms with E-state index in [9.17, 15) is 9.59 Å². The zero-order valence-electron chi connectivity index (χ0n) is 15.2. The number of rotatable bonds is 4. The summed E-state index contributed by atoms with van der Waals surface area (Å²) in [5, 5.41) is 0. The predicted molar refractivity (Wildman–Crippen MR) is 104 cm³/mol. The molecular formula is C20H20N2O4S. The summed E-state index contributed by atoms with van der Waals surface area (Å²) in [5.41, 5.74) is 1.56. The Kier molecular flexibility index (Phi) is 4.70. The zero-order chi connectivity index (χ0) is 19.0. The molecule has 27 heavy (non-hydrogen) atoms. The smallest absolute Gasteiger partial charge is 0.316 e. The summed E-state index contributed by atoms with van der Waals surface area (Å²) in [6.07, 6.45) is 1.42. The second-order valence-corrected chi connectivity index (χ2v) is 7.48. The van der Waals surface area contributed by atoms with Gasteiger partial charge in [-0.25, -0.2) is 4.98 Å². The van der Waals surface area contributed by atoms with E-state index in [4.69, 9.17) is 9.47 Å². The first-order valence-corrected chi connectivity index (χ1v) is 9.79. The minimum Gasteiger partial charge on any atom is -0.497 e. The molecule has 3 heterocycles. The molecule has 140 valence electrons. The van der Waals surface area contributed by atoms with E-state index in [1.54, 1.807) is 18.6 Å². The Morgan fingerprint density at radius 3 is 2.81 bits per heavy atom. The van der Waals surface area contributed by atoms with Crippen LogP contribution in [0.2, 0.25) is 0 Å². The lowest BCUT2D eigenvalue weighted by molar-refractivity contribution is -0.145. The summed E-state index contributed by atoms with van der Waals surface area (Å²) < 4.78 is 12.6. The molecule has 0 fully saturated rings. The molecule has 0 radical (unpaired) electrons. The highest BCUT2D eigenvalue weighted by Crippen LogP contribution is 2.34. The van der Waals surface area contributed by atoms with Crippen molar-refractivity contribution in [2.45, 2.75) is 32.2 Å². The van der Waals surface area contributed by atoms with Crippen molar-refractivity contribution in [3.8, 4) is 16.2 Å². The van der Waals surface area contributed by atoms with Gasteiger partial charge in [-0.05, 0) is 55.7 Å². The van der Waals surface area contributed by atoms with Gasteiger partial charge in [0.2, 0.25) is 0 Å². The molecule has 3 aromatic rings. The summed E-state index contributed by atoms with van der Waals surface area (Å²) >= 11 is 1.43. The molecule has 0 unspecified atom stereocenters. The maximum atomic E-state index is 13.0. The number of thiophene rings is 1. The quantitative estimate of drug-likeness (QED) is 0.643. The molecule has 7 heteroatoms. The van der Waals surface area contributed by atoms with Crippen LogP contribution in [0, 0.1) is 0 Å². The normalized spacial score (nSPS) is 16.1. The topological polar surface area (TPSA) is 70.4 Å². The zero-order valence-corrected chi connectivity index (χ0v) is 16.0. The first-order valence-electron chi connectivity index (χ1n) is 8.97. The van der Waals surface area contributed by atoms with Gasteiger partial charge in [0.05, 0.1) is 19.2 Å². The number of aromatic nitrogens is 2. The molecule has 4 rings (SSSR count). The number of benzene rings is 1. The number of hydrogen-bond donors (Lipinski definition) is 0. The van der Waals surface area contributed by atoms with Crippen LogP contribution >= 0.6 is 11.3 Å². The van der Waals surface area contributed by atoms with Crippen LogP contribution in [-0.2, 0) is 16.1 Å². The number of carbonyl (C=O) groups excluding carboxylic acids is 1.